The summed E-state index contributed by atoms with van der Waals surface area (Å²) >= 11 is 0. The van der Waals surface area contributed by atoms with E-state index in [1.165, 1.54) is 24.8 Å². The van der Waals surface area contributed by atoms with Gasteiger partial charge in [-0.25, -0.2) is 0 Å². The highest BCUT2D eigenvalue weighted by atomic mass is 16.5. The Bertz CT molecular complexity index is 509. The molecule has 0 atom stereocenters. The van der Waals surface area contributed by atoms with Gasteiger partial charge in [0.15, 0.2) is 6.61 Å². The van der Waals surface area contributed by atoms with Crippen molar-refractivity contribution in [2.45, 2.75) is 24.7 Å². The second kappa shape index (κ2) is 4.53. The van der Waals surface area contributed by atoms with E-state index in [4.69, 9.17) is 4.74 Å². The van der Waals surface area contributed by atoms with Crippen LogP contribution >= 0.6 is 0 Å². The van der Waals surface area contributed by atoms with Gasteiger partial charge in [-0.2, -0.15) is 0 Å². The third kappa shape index (κ3) is 1.91. The van der Waals surface area contributed by atoms with Gasteiger partial charge < -0.3 is 15.0 Å². The molecule has 19 heavy (non-hydrogen) atoms. The van der Waals surface area contributed by atoms with Gasteiger partial charge in [-0.15, -0.1) is 0 Å². The van der Waals surface area contributed by atoms with Crippen LogP contribution in [0.3, 0.4) is 0 Å². The standard InChI is InChI=1S/C15H20N2O2/c1-16-10-15(6-3-7-15)11-4-5-13-12(8-11)17(2)14(18)9-19-13/h4-5,8,16H,3,6-7,9-10H2,1-2H3. The van der Waals surface area contributed by atoms with Gasteiger partial charge in [0.05, 0.1) is 5.69 Å². The maximum Gasteiger partial charge on any atom is 0.264 e. The normalized spacial score (nSPS) is 20.5. The van der Waals surface area contributed by atoms with E-state index < -0.39 is 0 Å². The van der Waals surface area contributed by atoms with Crippen molar-refractivity contribution in [3.8, 4) is 5.75 Å². The van der Waals surface area contributed by atoms with E-state index in [1.54, 1.807) is 4.90 Å². The van der Waals surface area contributed by atoms with Crippen molar-refractivity contribution in [1.82, 2.24) is 5.32 Å². The zero-order valence-corrected chi connectivity index (χ0v) is 11.5. The van der Waals surface area contributed by atoms with Crippen LogP contribution in [-0.4, -0.2) is 33.2 Å². The molecule has 0 unspecified atom stereocenters. The molecule has 1 aliphatic heterocycles. The van der Waals surface area contributed by atoms with Crippen LogP contribution < -0.4 is 15.0 Å². The van der Waals surface area contributed by atoms with Gasteiger partial charge in [0.1, 0.15) is 5.75 Å². The monoisotopic (exact) mass is 260 g/mol. The molecule has 0 aromatic heterocycles. The molecule has 0 radical (unpaired) electrons. The lowest BCUT2D eigenvalue weighted by molar-refractivity contribution is -0.120. The fourth-order valence-corrected chi connectivity index (χ4v) is 3.11. The van der Waals surface area contributed by atoms with Gasteiger partial charge in [-0.1, -0.05) is 12.5 Å². The SMILES string of the molecule is CNCC1(c2ccc3c(c2)N(C)C(=O)CO3)CCC1. The number of nitrogens with zero attached hydrogens (tertiary/aromatic N) is 1. The van der Waals surface area contributed by atoms with Crippen molar-refractivity contribution in [2.24, 2.45) is 0 Å². The maximum absolute atomic E-state index is 11.7. The summed E-state index contributed by atoms with van der Waals surface area (Å²) in [5, 5.41) is 3.30. The molecule has 1 heterocycles. The number of carbonyl (C=O) groups excluding carboxylic acids is 1. The number of rotatable bonds is 3. The summed E-state index contributed by atoms with van der Waals surface area (Å²) in [6.45, 7) is 1.13. The van der Waals surface area contributed by atoms with Gasteiger partial charge in [0.2, 0.25) is 0 Å². The minimum atomic E-state index is 0.0147. The largest absolute Gasteiger partial charge is 0.482 e. The Morgan fingerprint density at radius 2 is 2.21 bits per heavy atom. The highest BCUT2D eigenvalue weighted by Gasteiger charge is 2.38. The first-order valence-electron chi connectivity index (χ1n) is 6.85. The van der Waals surface area contributed by atoms with Crippen LogP contribution in [0.5, 0.6) is 5.75 Å². The number of benzene rings is 1. The van der Waals surface area contributed by atoms with Crippen LogP contribution in [0.4, 0.5) is 5.69 Å². The average Bonchev–Trinajstić information content (AvgIpc) is 2.38. The fraction of sp³-hybridized carbons (Fsp3) is 0.533. The van der Waals surface area contributed by atoms with Gasteiger partial charge >= 0.3 is 0 Å². The molecule has 0 saturated heterocycles. The number of carbonyl (C=O) groups is 1. The molecule has 0 bridgehead atoms. The topological polar surface area (TPSA) is 41.6 Å². The number of likely N-dealkylation sites (N-methyl/N-ethyl adjacent to an activating group) is 2. The van der Waals surface area contributed by atoms with Crippen molar-refractivity contribution in [3.05, 3.63) is 23.8 Å². The number of amides is 1. The maximum atomic E-state index is 11.7. The molecule has 1 amide bonds. The van der Waals surface area contributed by atoms with E-state index in [2.05, 4.69) is 17.4 Å². The first-order valence-corrected chi connectivity index (χ1v) is 6.85. The molecule has 4 nitrogen and oxygen atoms in total. The quantitative estimate of drug-likeness (QED) is 0.899. The molecule has 1 saturated carbocycles. The third-order valence-corrected chi connectivity index (χ3v) is 4.48. The summed E-state index contributed by atoms with van der Waals surface area (Å²) in [5.41, 5.74) is 2.46. The molecule has 4 heteroatoms. The predicted octanol–water partition coefficient (Wildman–Crippen LogP) is 1.68. The van der Waals surface area contributed by atoms with Gasteiger partial charge in [0, 0.05) is 19.0 Å². The van der Waals surface area contributed by atoms with Gasteiger partial charge in [-0.3, -0.25) is 4.79 Å². The highest BCUT2D eigenvalue weighted by molar-refractivity contribution is 5.97. The Kier molecular flexibility index (Phi) is 2.97. The summed E-state index contributed by atoms with van der Waals surface area (Å²) in [6.07, 6.45) is 3.71. The van der Waals surface area contributed by atoms with Gasteiger partial charge in [-0.05, 0) is 37.6 Å². The Labute approximate surface area is 113 Å². The zero-order valence-electron chi connectivity index (χ0n) is 11.5. The third-order valence-electron chi connectivity index (χ3n) is 4.48. The number of ether oxygens (including phenoxy) is 1. The smallest absolute Gasteiger partial charge is 0.264 e. The van der Waals surface area contributed by atoms with Crippen LogP contribution in [0.25, 0.3) is 0 Å². The van der Waals surface area contributed by atoms with Crippen LogP contribution in [0, 0.1) is 0 Å². The Morgan fingerprint density at radius 1 is 1.42 bits per heavy atom. The fourth-order valence-electron chi connectivity index (χ4n) is 3.11. The number of hydrogen-bond acceptors (Lipinski definition) is 3. The number of nitrogens with one attached hydrogen (secondary N) is 1. The lowest BCUT2D eigenvalue weighted by Gasteiger charge is -2.43. The second-order valence-electron chi connectivity index (χ2n) is 5.59. The van der Waals surface area contributed by atoms with Crippen molar-refractivity contribution < 1.29 is 9.53 Å². The van der Waals surface area contributed by atoms with E-state index in [0.717, 1.165) is 18.0 Å². The molecule has 0 spiro atoms. The van der Waals surface area contributed by atoms with Crippen LogP contribution in [0.1, 0.15) is 24.8 Å². The van der Waals surface area contributed by atoms with E-state index in [0.29, 0.717) is 0 Å². The molecule has 2 aliphatic rings. The molecule has 1 N–H and O–H groups in total. The summed E-state index contributed by atoms with van der Waals surface area (Å²) in [7, 11) is 3.82. The molecule has 1 fully saturated rings. The number of anilines is 1. The summed E-state index contributed by atoms with van der Waals surface area (Å²) < 4.78 is 5.48. The highest BCUT2D eigenvalue weighted by Crippen LogP contribution is 2.45. The second-order valence-corrected chi connectivity index (χ2v) is 5.59. The Morgan fingerprint density at radius 3 is 2.84 bits per heavy atom. The number of hydrogen-bond donors (Lipinski definition) is 1. The van der Waals surface area contributed by atoms with E-state index in [1.807, 2.05) is 20.2 Å². The van der Waals surface area contributed by atoms with Crippen LogP contribution in [0.2, 0.25) is 0 Å². The summed E-state index contributed by atoms with van der Waals surface area (Å²) in [4.78, 5) is 13.4. The molecule has 1 aromatic rings. The van der Waals surface area contributed by atoms with Gasteiger partial charge in [0.25, 0.3) is 5.91 Å². The van der Waals surface area contributed by atoms with Crippen molar-refractivity contribution >= 4 is 11.6 Å². The summed E-state index contributed by atoms with van der Waals surface area (Å²) in [6, 6.07) is 6.28. The first kappa shape index (κ1) is 12.5. The molecule has 102 valence electrons. The average molecular weight is 260 g/mol. The van der Waals surface area contributed by atoms with E-state index in [9.17, 15) is 4.79 Å². The Balaban J connectivity index is 1.98. The molecule has 1 aromatic carbocycles. The van der Waals surface area contributed by atoms with Crippen molar-refractivity contribution in [3.63, 3.8) is 0 Å². The summed E-state index contributed by atoms with van der Waals surface area (Å²) in [5.74, 6) is 0.825. The Hall–Kier alpha value is -1.55. The minimum Gasteiger partial charge on any atom is -0.482 e. The van der Waals surface area contributed by atoms with E-state index >= 15 is 0 Å². The van der Waals surface area contributed by atoms with Crippen molar-refractivity contribution in [2.75, 3.05) is 32.1 Å². The lowest BCUT2D eigenvalue weighted by atomic mass is 9.64. The number of fused-ring (bicyclic) bond motifs is 1. The minimum absolute atomic E-state index is 0.0147. The predicted molar refractivity (Wildman–Crippen MR) is 74.8 cm³/mol. The zero-order chi connectivity index (χ0) is 13.5. The van der Waals surface area contributed by atoms with Crippen LogP contribution in [-0.2, 0) is 10.2 Å². The molecular formula is C15H20N2O2. The molecule has 1 aliphatic carbocycles. The van der Waals surface area contributed by atoms with Crippen molar-refractivity contribution in [1.29, 1.82) is 0 Å². The lowest BCUT2D eigenvalue weighted by Crippen LogP contribution is -2.43. The first-order chi connectivity index (χ1) is 9.16. The molecular weight excluding hydrogens is 240 g/mol. The van der Waals surface area contributed by atoms with E-state index in [-0.39, 0.29) is 17.9 Å². The molecule has 3 rings (SSSR count). The van der Waals surface area contributed by atoms with Crippen LogP contribution in [0.15, 0.2) is 18.2 Å².